The van der Waals surface area contributed by atoms with Gasteiger partial charge in [-0.2, -0.15) is 0 Å². The predicted molar refractivity (Wildman–Crippen MR) is 168 cm³/mol. The molecular weight excluding hydrogens is 570 g/mol. The van der Waals surface area contributed by atoms with Gasteiger partial charge in [-0.15, -0.1) is 0 Å². The Hall–Kier alpha value is -1.83. The van der Waals surface area contributed by atoms with Crippen LogP contribution in [0.5, 0.6) is 0 Å². The molecule has 0 spiro atoms. The predicted octanol–water partition coefficient (Wildman–Crippen LogP) is 6.79. The van der Waals surface area contributed by atoms with Gasteiger partial charge in [0.1, 0.15) is 19.8 Å². The highest BCUT2D eigenvalue weighted by atomic mass is 16.7. The molecule has 9 rings (SSSR count). The van der Waals surface area contributed by atoms with Crippen molar-refractivity contribution in [1.29, 1.82) is 0 Å². The van der Waals surface area contributed by atoms with E-state index in [1.165, 1.54) is 38.5 Å². The lowest BCUT2D eigenvalue weighted by molar-refractivity contribution is -0.157. The second-order valence-electron chi connectivity index (χ2n) is 17.2. The smallest absolute Gasteiger partial charge is 0.465 e. The zero-order chi connectivity index (χ0) is 31.0. The molecule has 1 atom stereocenters. The van der Waals surface area contributed by atoms with E-state index in [0.717, 1.165) is 107 Å². The number of carbonyl (C=O) groups excluding carboxylic acids is 3. The average Bonchev–Trinajstić information content (AvgIpc) is 2.98. The zero-order valence-corrected chi connectivity index (χ0v) is 27.7. The SMILES string of the molecule is CCN1CCCC(COC(=O)OCC(COC(=O)CC23CC4CC(CC(C4)C2)C3)COC(=O)CC23CC4CC(CC(C4)C2)C3)C1. The van der Waals surface area contributed by atoms with Crippen LogP contribution in [0, 0.1) is 58.2 Å². The van der Waals surface area contributed by atoms with Gasteiger partial charge in [0.15, 0.2) is 0 Å². The lowest BCUT2D eigenvalue weighted by Crippen LogP contribution is -2.47. The summed E-state index contributed by atoms with van der Waals surface area (Å²) >= 11 is 0. The summed E-state index contributed by atoms with van der Waals surface area (Å²) in [5, 5.41) is 0. The first-order valence-corrected chi connectivity index (χ1v) is 18.6. The summed E-state index contributed by atoms with van der Waals surface area (Å²) < 4.78 is 22.7. The van der Waals surface area contributed by atoms with Gasteiger partial charge in [-0.3, -0.25) is 9.59 Å². The van der Waals surface area contributed by atoms with Gasteiger partial charge < -0.3 is 23.8 Å². The summed E-state index contributed by atoms with van der Waals surface area (Å²) in [6.07, 6.45) is 17.4. The number of hydrogen-bond acceptors (Lipinski definition) is 8. The Kier molecular flexibility index (Phi) is 9.42. The van der Waals surface area contributed by atoms with Gasteiger partial charge in [0, 0.05) is 12.5 Å². The van der Waals surface area contributed by atoms with Crippen molar-refractivity contribution < 1.29 is 33.3 Å². The molecule has 0 aromatic carbocycles. The number of ether oxygens (including phenoxy) is 4. The maximum Gasteiger partial charge on any atom is 0.508 e. The quantitative estimate of drug-likeness (QED) is 0.163. The molecule has 1 saturated heterocycles. The molecule has 8 bridgehead atoms. The van der Waals surface area contributed by atoms with E-state index in [-0.39, 0.29) is 42.6 Å². The standard InChI is InChI=1S/C37H57NO7/c1-2-38-5-3-4-25(20-38)21-44-35(41)45-24-32(22-42-33(39)18-36-12-26-6-27(13-36)8-28(7-26)14-36)23-43-34(40)19-37-15-29-9-30(16-37)11-31(10-29)17-37/h25-32H,2-24H2,1H3. The lowest BCUT2D eigenvalue weighted by Gasteiger charge is -2.56. The Labute approximate surface area is 270 Å². The van der Waals surface area contributed by atoms with Crippen LogP contribution in [-0.4, -0.2) is 69.1 Å². The molecule has 8 saturated carbocycles. The van der Waals surface area contributed by atoms with Crippen molar-refractivity contribution in [3.63, 3.8) is 0 Å². The minimum absolute atomic E-state index is 0.000124. The molecule has 9 fully saturated rings. The molecular formula is C37H57NO7. The van der Waals surface area contributed by atoms with E-state index in [2.05, 4.69) is 11.8 Å². The first kappa shape index (κ1) is 31.8. The van der Waals surface area contributed by atoms with E-state index in [1.54, 1.807) is 0 Å². The summed E-state index contributed by atoms with van der Waals surface area (Å²) in [6, 6.07) is 0. The molecule has 8 heteroatoms. The molecule has 8 nitrogen and oxygen atoms in total. The molecule has 9 aliphatic rings. The van der Waals surface area contributed by atoms with Crippen LogP contribution in [-0.2, 0) is 28.5 Å². The number of piperidine rings is 1. The summed E-state index contributed by atoms with van der Waals surface area (Å²) in [5.74, 6) is 4.26. The van der Waals surface area contributed by atoms with Gasteiger partial charge in [0.2, 0.25) is 0 Å². The van der Waals surface area contributed by atoms with Crippen molar-refractivity contribution in [3.8, 4) is 0 Å². The van der Waals surface area contributed by atoms with Crippen molar-refractivity contribution in [2.24, 2.45) is 58.2 Å². The fourth-order valence-electron chi connectivity index (χ4n) is 12.3. The van der Waals surface area contributed by atoms with Crippen LogP contribution in [0.1, 0.15) is 110 Å². The van der Waals surface area contributed by atoms with Crippen LogP contribution in [0.15, 0.2) is 0 Å². The third-order valence-electron chi connectivity index (χ3n) is 13.3. The molecule has 0 radical (unpaired) electrons. The third kappa shape index (κ3) is 7.67. The Morgan fingerprint density at radius 2 is 1.11 bits per heavy atom. The van der Waals surface area contributed by atoms with Gasteiger partial charge >= 0.3 is 18.1 Å². The molecule has 1 unspecified atom stereocenters. The van der Waals surface area contributed by atoms with E-state index in [1.807, 2.05) is 0 Å². The molecule has 45 heavy (non-hydrogen) atoms. The third-order valence-corrected chi connectivity index (χ3v) is 13.3. The Morgan fingerprint density at radius 1 is 0.667 bits per heavy atom. The van der Waals surface area contributed by atoms with Gasteiger partial charge in [0.05, 0.1) is 25.4 Å². The topological polar surface area (TPSA) is 91.4 Å². The first-order valence-electron chi connectivity index (χ1n) is 18.6. The Bertz CT molecular complexity index is 956. The number of nitrogens with zero attached hydrogens (tertiary/aromatic N) is 1. The molecule has 1 heterocycles. The minimum atomic E-state index is -0.701. The van der Waals surface area contributed by atoms with Gasteiger partial charge in [-0.05, 0) is 149 Å². The van der Waals surface area contributed by atoms with Crippen molar-refractivity contribution in [1.82, 2.24) is 4.90 Å². The fraction of sp³-hybridized carbons (Fsp3) is 0.919. The molecule has 0 aromatic heterocycles. The van der Waals surface area contributed by atoms with Gasteiger partial charge in [0.25, 0.3) is 0 Å². The van der Waals surface area contributed by atoms with Crippen LogP contribution in [0.25, 0.3) is 0 Å². The normalized spacial score (nSPS) is 40.2. The minimum Gasteiger partial charge on any atom is -0.465 e. The molecule has 1 aliphatic heterocycles. The van der Waals surface area contributed by atoms with Crippen LogP contribution in [0.4, 0.5) is 4.79 Å². The number of likely N-dealkylation sites (tertiary alicyclic amines) is 1. The highest BCUT2D eigenvalue weighted by Crippen LogP contribution is 2.62. The van der Waals surface area contributed by atoms with E-state index >= 15 is 0 Å². The van der Waals surface area contributed by atoms with E-state index in [9.17, 15) is 14.4 Å². The maximum absolute atomic E-state index is 13.2. The van der Waals surface area contributed by atoms with E-state index in [4.69, 9.17) is 18.9 Å². The second kappa shape index (κ2) is 13.4. The van der Waals surface area contributed by atoms with Crippen LogP contribution in [0.3, 0.4) is 0 Å². The Balaban J connectivity index is 0.903. The number of hydrogen-bond donors (Lipinski definition) is 0. The summed E-state index contributed by atoms with van der Waals surface area (Å²) in [7, 11) is 0. The molecule has 0 N–H and O–H groups in total. The molecule has 8 aliphatic carbocycles. The van der Waals surface area contributed by atoms with Crippen molar-refractivity contribution in [2.75, 3.05) is 46.1 Å². The average molecular weight is 628 g/mol. The van der Waals surface area contributed by atoms with Crippen molar-refractivity contribution in [3.05, 3.63) is 0 Å². The highest BCUT2D eigenvalue weighted by Gasteiger charge is 2.53. The first-order chi connectivity index (χ1) is 21.7. The summed E-state index contributed by atoms with van der Waals surface area (Å²) in [5.41, 5.74) is 0.219. The van der Waals surface area contributed by atoms with E-state index in [0.29, 0.717) is 25.4 Å². The van der Waals surface area contributed by atoms with Crippen LogP contribution in [0.2, 0.25) is 0 Å². The number of rotatable bonds is 13. The van der Waals surface area contributed by atoms with Crippen LogP contribution < -0.4 is 0 Å². The molecule has 0 aromatic rings. The highest BCUT2D eigenvalue weighted by molar-refractivity contribution is 5.71. The number of esters is 2. The van der Waals surface area contributed by atoms with Crippen molar-refractivity contribution in [2.45, 2.75) is 110 Å². The van der Waals surface area contributed by atoms with Crippen LogP contribution >= 0.6 is 0 Å². The second-order valence-corrected chi connectivity index (χ2v) is 17.2. The van der Waals surface area contributed by atoms with Gasteiger partial charge in [-0.25, -0.2) is 4.79 Å². The number of carbonyl (C=O) groups is 3. The largest absolute Gasteiger partial charge is 0.508 e. The maximum atomic E-state index is 13.2. The van der Waals surface area contributed by atoms with Gasteiger partial charge in [-0.1, -0.05) is 6.92 Å². The molecule has 252 valence electrons. The zero-order valence-electron chi connectivity index (χ0n) is 27.7. The lowest BCUT2D eigenvalue weighted by atomic mass is 9.49. The Morgan fingerprint density at radius 3 is 1.56 bits per heavy atom. The summed E-state index contributed by atoms with van der Waals surface area (Å²) in [6.45, 7) is 5.71. The summed E-state index contributed by atoms with van der Waals surface area (Å²) in [4.78, 5) is 41.3. The fourth-order valence-corrected chi connectivity index (χ4v) is 12.3. The molecule has 0 amide bonds. The van der Waals surface area contributed by atoms with Crippen molar-refractivity contribution >= 4 is 18.1 Å². The monoisotopic (exact) mass is 627 g/mol. The van der Waals surface area contributed by atoms with E-state index < -0.39 is 12.1 Å².